The molecule has 24 heavy (non-hydrogen) atoms. The van der Waals surface area contributed by atoms with Crippen LogP contribution in [-0.2, 0) is 4.79 Å². The number of carbonyl (C=O) groups is 2. The van der Waals surface area contributed by atoms with Gasteiger partial charge in [0.1, 0.15) is 0 Å². The van der Waals surface area contributed by atoms with Crippen LogP contribution in [0.25, 0.3) is 11.3 Å². The maximum Gasteiger partial charge on any atom is 0.255 e. The molecule has 2 N–H and O–H groups in total. The first-order valence-corrected chi connectivity index (χ1v) is 8.24. The quantitative estimate of drug-likeness (QED) is 0.755. The van der Waals surface area contributed by atoms with Crippen LogP contribution in [0.1, 0.15) is 17.3 Å². The predicted molar refractivity (Wildman–Crippen MR) is 96.2 cm³/mol. The molecule has 0 bridgehead atoms. The lowest BCUT2D eigenvalue weighted by atomic mass is 10.1. The van der Waals surface area contributed by atoms with Gasteiger partial charge in [0.25, 0.3) is 5.91 Å². The van der Waals surface area contributed by atoms with Gasteiger partial charge in [0.2, 0.25) is 5.91 Å². The van der Waals surface area contributed by atoms with Crippen molar-refractivity contribution in [3.63, 3.8) is 0 Å². The van der Waals surface area contributed by atoms with Crippen molar-refractivity contribution in [3.05, 3.63) is 65.0 Å². The third kappa shape index (κ3) is 3.85. The highest BCUT2D eigenvalue weighted by Crippen LogP contribution is 2.21. The lowest BCUT2D eigenvalue weighted by Crippen LogP contribution is -2.12. The van der Waals surface area contributed by atoms with Crippen LogP contribution in [0, 0.1) is 0 Å². The fourth-order valence-electron chi connectivity index (χ4n) is 2.18. The number of nitrogens with one attached hydrogen (secondary N) is 2. The van der Waals surface area contributed by atoms with Crippen LogP contribution < -0.4 is 10.6 Å². The average molecular weight is 337 g/mol. The molecule has 3 aromatic rings. The van der Waals surface area contributed by atoms with Crippen LogP contribution in [0.15, 0.2) is 59.4 Å². The van der Waals surface area contributed by atoms with Gasteiger partial charge in [-0.3, -0.25) is 14.6 Å². The van der Waals surface area contributed by atoms with Crippen molar-refractivity contribution in [1.82, 2.24) is 4.98 Å². The van der Waals surface area contributed by atoms with Gasteiger partial charge in [0.05, 0.1) is 5.69 Å². The third-order valence-electron chi connectivity index (χ3n) is 3.30. The molecule has 0 aliphatic carbocycles. The maximum absolute atomic E-state index is 12.4. The summed E-state index contributed by atoms with van der Waals surface area (Å²) in [5.74, 6) is -0.342. The van der Waals surface area contributed by atoms with E-state index in [9.17, 15) is 9.59 Å². The minimum absolute atomic E-state index is 0.135. The topological polar surface area (TPSA) is 71.1 Å². The van der Waals surface area contributed by atoms with Gasteiger partial charge in [-0.05, 0) is 47.8 Å². The molecule has 0 saturated carbocycles. The molecule has 5 nitrogen and oxygen atoms in total. The Balaban J connectivity index is 1.73. The highest BCUT2D eigenvalue weighted by atomic mass is 32.1. The second-order valence-electron chi connectivity index (χ2n) is 5.15. The number of aromatic nitrogens is 1. The molecule has 0 spiro atoms. The minimum atomic E-state index is -0.207. The zero-order chi connectivity index (χ0) is 16.9. The number of anilines is 2. The van der Waals surface area contributed by atoms with Crippen LogP contribution in [0.3, 0.4) is 0 Å². The van der Waals surface area contributed by atoms with Gasteiger partial charge >= 0.3 is 0 Å². The van der Waals surface area contributed by atoms with Crippen LogP contribution in [0.2, 0.25) is 0 Å². The third-order valence-corrected chi connectivity index (χ3v) is 3.99. The van der Waals surface area contributed by atoms with Crippen molar-refractivity contribution >= 4 is 34.5 Å². The number of carbonyl (C=O) groups excluding carboxylic acids is 2. The van der Waals surface area contributed by atoms with Crippen molar-refractivity contribution in [3.8, 4) is 11.3 Å². The highest BCUT2D eigenvalue weighted by molar-refractivity contribution is 7.08. The Kier molecular flexibility index (Phi) is 4.67. The second kappa shape index (κ2) is 7.06. The molecular formula is C18H15N3O2S. The van der Waals surface area contributed by atoms with Crippen molar-refractivity contribution in [2.75, 3.05) is 10.6 Å². The van der Waals surface area contributed by atoms with E-state index >= 15 is 0 Å². The Labute approximate surface area is 143 Å². The first-order valence-electron chi connectivity index (χ1n) is 7.29. The molecule has 0 unspecified atom stereocenters. The summed E-state index contributed by atoms with van der Waals surface area (Å²) in [6.45, 7) is 1.45. The zero-order valence-electron chi connectivity index (χ0n) is 12.9. The standard InChI is InChI=1S/C18H15N3O2S/c1-12(22)20-15-2-4-16(5-3-15)21-18(23)13-6-8-19-17(10-13)14-7-9-24-11-14/h2-11H,1H3,(H,20,22)(H,21,23). The molecule has 1 aromatic carbocycles. The fraction of sp³-hybridized carbons (Fsp3) is 0.0556. The largest absolute Gasteiger partial charge is 0.326 e. The molecule has 2 amide bonds. The first-order chi connectivity index (χ1) is 11.6. The molecule has 120 valence electrons. The molecule has 3 rings (SSSR count). The Morgan fingerprint density at radius 3 is 2.33 bits per heavy atom. The molecule has 0 saturated heterocycles. The summed E-state index contributed by atoms with van der Waals surface area (Å²) >= 11 is 1.59. The molecule has 0 radical (unpaired) electrons. The van der Waals surface area contributed by atoms with Gasteiger partial charge in [0, 0.05) is 41.0 Å². The fourth-order valence-corrected chi connectivity index (χ4v) is 2.83. The van der Waals surface area contributed by atoms with Gasteiger partial charge in [-0.25, -0.2) is 0 Å². The number of nitrogens with zero attached hydrogens (tertiary/aromatic N) is 1. The number of rotatable bonds is 4. The van der Waals surface area contributed by atoms with Gasteiger partial charge in [0.15, 0.2) is 0 Å². The molecule has 6 heteroatoms. The van der Waals surface area contributed by atoms with E-state index in [1.54, 1.807) is 53.9 Å². The summed E-state index contributed by atoms with van der Waals surface area (Å²) in [6.07, 6.45) is 1.63. The molecule has 2 aromatic heterocycles. The van der Waals surface area contributed by atoms with E-state index in [1.807, 2.05) is 16.8 Å². The van der Waals surface area contributed by atoms with Crippen LogP contribution >= 0.6 is 11.3 Å². The molecule has 0 aliphatic rings. The van der Waals surface area contributed by atoms with Crippen molar-refractivity contribution in [1.29, 1.82) is 0 Å². The Hall–Kier alpha value is -2.99. The summed E-state index contributed by atoms with van der Waals surface area (Å²) in [5, 5.41) is 9.48. The van der Waals surface area contributed by atoms with Gasteiger partial charge in [-0.2, -0.15) is 11.3 Å². The van der Waals surface area contributed by atoms with Gasteiger partial charge < -0.3 is 10.6 Å². The van der Waals surface area contributed by atoms with Crippen LogP contribution in [0.4, 0.5) is 11.4 Å². The van der Waals surface area contributed by atoms with Gasteiger partial charge in [-0.1, -0.05) is 0 Å². The van der Waals surface area contributed by atoms with E-state index in [0.29, 0.717) is 16.9 Å². The second-order valence-corrected chi connectivity index (χ2v) is 5.93. The van der Waals surface area contributed by atoms with Crippen molar-refractivity contribution in [2.45, 2.75) is 6.92 Å². The van der Waals surface area contributed by atoms with E-state index in [1.165, 1.54) is 6.92 Å². The SMILES string of the molecule is CC(=O)Nc1ccc(NC(=O)c2ccnc(-c3ccsc3)c2)cc1. The molecular weight excluding hydrogens is 322 g/mol. The number of benzene rings is 1. The van der Waals surface area contributed by atoms with E-state index < -0.39 is 0 Å². The summed E-state index contributed by atoms with van der Waals surface area (Å²) in [4.78, 5) is 27.7. The van der Waals surface area contributed by atoms with Crippen molar-refractivity contribution in [2.24, 2.45) is 0 Å². The lowest BCUT2D eigenvalue weighted by Gasteiger charge is -2.08. The van der Waals surface area contributed by atoms with E-state index in [0.717, 1.165) is 11.3 Å². The summed E-state index contributed by atoms with van der Waals surface area (Å²) in [7, 11) is 0. The Morgan fingerprint density at radius 1 is 1.00 bits per heavy atom. The lowest BCUT2D eigenvalue weighted by molar-refractivity contribution is -0.114. The van der Waals surface area contributed by atoms with Crippen LogP contribution in [-0.4, -0.2) is 16.8 Å². The number of hydrogen-bond acceptors (Lipinski definition) is 4. The molecule has 0 aliphatic heterocycles. The number of pyridine rings is 1. The first kappa shape index (κ1) is 15.9. The van der Waals surface area contributed by atoms with E-state index in [2.05, 4.69) is 15.6 Å². The maximum atomic E-state index is 12.4. The molecule has 0 atom stereocenters. The number of amides is 2. The van der Waals surface area contributed by atoms with Gasteiger partial charge in [-0.15, -0.1) is 0 Å². The van der Waals surface area contributed by atoms with Crippen LogP contribution in [0.5, 0.6) is 0 Å². The summed E-state index contributed by atoms with van der Waals surface area (Å²) in [6, 6.07) is 12.4. The summed E-state index contributed by atoms with van der Waals surface area (Å²) in [5.41, 5.74) is 3.64. The predicted octanol–water partition coefficient (Wildman–Crippen LogP) is 4.02. The number of hydrogen-bond donors (Lipinski definition) is 2. The smallest absolute Gasteiger partial charge is 0.255 e. The van der Waals surface area contributed by atoms with E-state index in [-0.39, 0.29) is 11.8 Å². The Morgan fingerprint density at radius 2 is 1.71 bits per heavy atom. The minimum Gasteiger partial charge on any atom is -0.326 e. The monoisotopic (exact) mass is 337 g/mol. The highest BCUT2D eigenvalue weighted by Gasteiger charge is 2.09. The summed E-state index contributed by atoms with van der Waals surface area (Å²) < 4.78 is 0. The van der Waals surface area contributed by atoms with E-state index in [4.69, 9.17) is 0 Å². The number of thiophene rings is 1. The Bertz CT molecular complexity index is 858. The zero-order valence-corrected chi connectivity index (χ0v) is 13.8. The molecule has 2 heterocycles. The normalized spacial score (nSPS) is 10.2. The molecule has 0 fully saturated rings. The average Bonchev–Trinajstić information content (AvgIpc) is 3.11. The van der Waals surface area contributed by atoms with Crippen molar-refractivity contribution < 1.29 is 9.59 Å².